The zero-order valence-electron chi connectivity index (χ0n) is 8.24. The Hall–Kier alpha value is -1.01. The average molecular weight is 346 g/mol. The third kappa shape index (κ3) is 2.99. The van der Waals surface area contributed by atoms with E-state index in [9.17, 15) is 0 Å². The Morgan fingerprint density at radius 1 is 1.25 bits per heavy atom. The zero-order valence-corrected chi connectivity index (χ0v) is 11.2. The van der Waals surface area contributed by atoms with Crippen LogP contribution in [-0.2, 0) is 0 Å². The standard InChI is InChI=1S/C11H9ClIN3/c12-10-5-8(14)6-11(16-10)15-9-3-1-2-7(13)4-9/h1-6H,(H3,14,15,16). The number of nitrogens with zero attached hydrogens (tertiary/aromatic N) is 1. The van der Waals surface area contributed by atoms with Crippen molar-refractivity contribution in [2.75, 3.05) is 11.1 Å². The highest BCUT2D eigenvalue weighted by Crippen LogP contribution is 2.21. The first-order valence-electron chi connectivity index (χ1n) is 4.59. The zero-order chi connectivity index (χ0) is 11.5. The number of aromatic nitrogens is 1. The van der Waals surface area contributed by atoms with Gasteiger partial charge in [0, 0.05) is 21.0 Å². The fraction of sp³-hybridized carbons (Fsp3) is 0. The van der Waals surface area contributed by atoms with E-state index >= 15 is 0 Å². The van der Waals surface area contributed by atoms with E-state index in [1.54, 1.807) is 12.1 Å². The number of halogens is 2. The van der Waals surface area contributed by atoms with Crippen LogP contribution in [0.3, 0.4) is 0 Å². The van der Waals surface area contributed by atoms with Crippen molar-refractivity contribution < 1.29 is 0 Å². The monoisotopic (exact) mass is 345 g/mol. The van der Waals surface area contributed by atoms with E-state index in [1.165, 1.54) is 0 Å². The molecule has 0 saturated heterocycles. The highest BCUT2D eigenvalue weighted by atomic mass is 127. The molecule has 1 heterocycles. The Morgan fingerprint density at radius 3 is 2.75 bits per heavy atom. The summed E-state index contributed by atoms with van der Waals surface area (Å²) in [5.41, 5.74) is 7.23. The summed E-state index contributed by atoms with van der Waals surface area (Å²) in [6, 6.07) is 11.3. The van der Waals surface area contributed by atoms with E-state index in [-0.39, 0.29) is 0 Å². The third-order valence-corrected chi connectivity index (χ3v) is 2.78. The first-order valence-corrected chi connectivity index (χ1v) is 6.05. The first kappa shape index (κ1) is 11.5. The number of nitrogen functional groups attached to an aromatic ring is 1. The van der Waals surface area contributed by atoms with Crippen LogP contribution in [0.1, 0.15) is 0 Å². The van der Waals surface area contributed by atoms with Gasteiger partial charge in [-0.2, -0.15) is 0 Å². The van der Waals surface area contributed by atoms with Crippen molar-refractivity contribution >= 4 is 51.4 Å². The highest BCUT2D eigenvalue weighted by Gasteiger charge is 2.00. The number of hydrogen-bond acceptors (Lipinski definition) is 3. The number of rotatable bonds is 2. The Morgan fingerprint density at radius 2 is 2.06 bits per heavy atom. The molecule has 0 aliphatic rings. The fourth-order valence-electron chi connectivity index (χ4n) is 1.29. The van der Waals surface area contributed by atoms with E-state index in [4.69, 9.17) is 17.3 Å². The van der Waals surface area contributed by atoms with Crippen molar-refractivity contribution in [1.82, 2.24) is 4.98 Å². The SMILES string of the molecule is Nc1cc(Cl)nc(Nc2cccc(I)c2)c1. The van der Waals surface area contributed by atoms with Crippen LogP contribution in [0, 0.1) is 3.57 Å². The summed E-state index contributed by atoms with van der Waals surface area (Å²) < 4.78 is 1.15. The Balaban J connectivity index is 2.27. The Bertz CT molecular complexity index is 496. The summed E-state index contributed by atoms with van der Waals surface area (Å²) in [7, 11) is 0. The van der Waals surface area contributed by atoms with E-state index in [0.717, 1.165) is 9.26 Å². The van der Waals surface area contributed by atoms with Crippen LogP contribution in [0.2, 0.25) is 5.15 Å². The first-order chi connectivity index (χ1) is 7.63. The van der Waals surface area contributed by atoms with E-state index < -0.39 is 0 Å². The predicted molar refractivity (Wildman–Crippen MR) is 76.1 cm³/mol. The molecule has 2 aromatic rings. The summed E-state index contributed by atoms with van der Waals surface area (Å²) in [6.07, 6.45) is 0. The lowest BCUT2D eigenvalue weighted by Gasteiger charge is -2.07. The van der Waals surface area contributed by atoms with Gasteiger partial charge in [0.05, 0.1) is 0 Å². The summed E-state index contributed by atoms with van der Waals surface area (Å²) in [4.78, 5) is 4.13. The van der Waals surface area contributed by atoms with Crippen LogP contribution in [0.5, 0.6) is 0 Å². The van der Waals surface area contributed by atoms with Crippen molar-refractivity contribution in [1.29, 1.82) is 0 Å². The molecule has 0 radical (unpaired) electrons. The second-order valence-corrected chi connectivity index (χ2v) is 4.88. The molecule has 2 rings (SSSR count). The van der Waals surface area contributed by atoms with Gasteiger partial charge in [0.25, 0.3) is 0 Å². The van der Waals surface area contributed by atoms with Crippen LogP contribution in [-0.4, -0.2) is 4.98 Å². The average Bonchev–Trinajstić information content (AvgIpc) is 2.15. The van der Waals surface area contributed by atoms with Crippen LogP contribution in [0.15, 0.2) is 36.4 Å². The molecular weight excluding hydrogens is 336 g/mol. The molecule has 0 spiro atoms. The van der Waals surface area contributed by atoms with Crippen LogP contribution < -0.4 is 11.1 Å². The Kier molecular flexibility index (Phi) is 3.50. The molecule has 1 aromatic carbocycles. The van der Waals surface area contributed by atoms with E-state index in [2.05, 4.69) is 32.9 Å². The van der Waals surface area contributed by atoms with Crippen molar-refractivity contribution in [3.63, 3.8) is 0 Å². The molecule has 3 N–H and O–H groups in total. The van der Waals surface area contributed by atoms with Crippen molar-refractivity contribution in [2.24, 2.45) is 0 Å². The van der Waals surface area contributed by atoms with Gasteiger partial charge in [0.15, 0.2) is 0 Å². The molecule has 1 aromatic heterocycles. The molecule has 16 heavy (non-hydrogen) atoms. The number of benzene rings is 1. The molecular formula is C11H9ClIN3. The summed E-state index contributed by atoms with van der Waals surface area (Å²) in [5.74, 6) is 0.645. The van der Waals surface area contributed by atoms with Gasteiger partial charge in [0.2, 0.25) is 0 Å². The van der Waals surface area contributed by atoms with Crippen molar-refractivity contribution in [2.45, 2.75) is 0 Å². The minimum Gasteiger partial charge on any atom is -0.399 e. The number of hydrogen-bond donors (Lipinski definition) is 2. The highest BCUT2D eigenvalue weighted by molar-refractivity contribution is 14.1. The number of nitrogens with two attached hydrogens (primary N) is 1. The van der Waals surface area contributed by atoms with E-state index in [0.29, 0.717) is 16.7 Å². The van der Waals surface area contributed by atoms with Crippen LogP contribution in [0.25, 0.3) is 0 Å². The topological polar surface area (TPSA) is 50.9 Å². The smallest absolute Gasteiger partial charge is 0.134 e. The molecule has 0 fully saturated rings. The molecule has 82 valence electrons. The van der Waals surface area contributed by atoms with Gasteiger partial charge in [-0.15, -0.1) is 0 Å². The quantitative estimate of drug-likeness (QED) is 0.645. The molecule has 0 bridgehead atoms. The molecule has 0 atom stereocenters. The van der Waals surface area contributed by atoms with Gasteiger partial charge in [-0.3, -0.25) is 0 Å². The van der Waals surface area contributed by atoms with Crippen molar-refractivity contribution in [3.05, 3.63) is 45.1 Å². The van der Waals surface area contributed by atoms with Gasteiger partial charge < -0.3 is 11.1 Å². The maximum Gasteiger partial charge on any atom is 0.134 e. The maximum atomic E-state index is 5.82. The lowest BCUT2D eigenvalue weighted by Crippen LogP contribution is -1.96. The van der Waals surface area contributed by atoms with E-state index in [1.807, 2.05) is 24.3 Å². The van der Waals surface area contributed by atoms with Gasteiger partial charge in [-0.05, 0) is 46.9 Å². The number of nitrogens with one attached hydrogen (secondary N) is 1. The molecule has 0 aliphatic carbocycles. The third-order valence-electron chi connectivity index (χ3n) is 1.91. The molecule has 0 unspecified atom stereocenters. The van der Waals surface area contributed by atoms with Crippen LogP contribution in [0.4, 0.5) is 17.2 Å². The minimum absolute atomic E-state index is 0.383. The molecule has 5 heteroatoms. The summed E-state index contributed by atoms with van der Waals surface area (Å²) >= 11 is 8.07. The maximum absolute atomic E-state index is 5.82. The molecule has 3 nitrogen and oxygen atoms in total. The van der Waals surface area contributed by atoms with Crippen molar-refractivity contribution in [3.8, 4) is 0 Å². The lowest BCUT2D eigenvalue weighted by atomic mass is 10.3. The second kappa shape index (κ2) is 4.88. The molecule has 0 saturated carbocycles. The summed E-state index contributed by atoms with van der Waals surface area (Å²) in [5, 5.41) is 3.53. The largest absolute Gasteiger partial charge is 0.399 e. The molecule has 0 aliphatic heterocycles. The van der Waals surface area contributed by atoms with Gasteiger partial charge in [-0.1, -0.05) is 17.7 Å². The molecule has 0 amide bonds. The normalized spacial score (nSPS) is 10.1. The fourth-order valence-corrected chi connectivity index (χ4v) is 2.05. The number of anilines is 3. The predicted octanol–water partition coefficient (Wildman–Crippen LogP) is 3.67. The van der Waals surface area contributed by atoms with Gasteiger partial charge in [-0.25, -0.2) is 4.98 Å². The Labute approximate surface area is 112 Å². The van der Waals surface area contributed by atoms with Gasteiger partial charge in [0.1, 0.15) is 11.0 Å². The minimum atomic E-state index is 0.383. The lowest BCUT2D eigenvalue weighted by molar-refractivity contribution is 1.31. The second-order valence-electron chi connectivity index (χ2n) is 3.24. The number of pyridine rings is 1. The van der Waals surface area contributed by atoms with Crippen LogP contribution >= 0.6 is 34.2 Å². The summed E-state index contributed by atoms with van der Waals surface area (Å²) in [6.45, 7) is 0. The van der Waals surface area contributed by atoms with Gasteiger partial charge >= 0.3 is 0 Å².